The Hall–Kier alpha value is -1.01. The van der Waals surface area contributed by atoms with Crippen molar-refractivity contribution >= 4 is 24.3 Å². The number of nitrogens with one attached hydrogen (secondary N) is 2. The van der Waals surface area contributed by atoms with Gasteiger partial charge < -0.3 is 20.3 Å². The van der Waals surface area contributed by atoms with Crippen LogP contribution in [0.1, 0.15) is 72.1 Å². The third kappa shape index (κ3) is 5.98. The van der Waals surface area contributed by atoms with Crippen molar-refractivity contribution in [3.63, 3.8) is 0 Å². The van der Waals surface area contributed by atoms with Gasteiger partial charge in [0, 0.05) is 25.7 Å². The van der Waals surface area contributed by atoms with Gasteiger partial charge in [0.1, 0.15) is 11.4 Å². The Kier molecular flexibility index (Phi) is 7.81. The Morgan fingerprint density at radius 1 is 1.19 bits per heavy atom. The van der Waals surface area contributed by atoms with E-state index in [-0.39, 0.29) is 24.0 Å². The monoisotopic (exact) mass is 400 g/mol. The second kappa shape index (κ2) is 9.46. The highest BCUT2D eigenvalue weighted by Crippen LogP contribution is 2.27. The Bertz CT molecular complexity index is 519. The van der Waals surface area contributed by atoms with Gasteiger partial charge in [-0.2, -0.15) is 0 Å². The van der Waals surface area contributed by atoms with Gasteiger partial charge in [-0.25, -0.2) is 4.79 Å². The zero-order chi connectivity index (χ0) is 18.6. The number of ether oxygens (including phenoxy) is 1. The molecular weight excluding hydrogens is 364 g/mol. The zero-order valence-corrected chi connectivity index (χ0v) is 18.0. The molecule has 1 saturated heterocycles. The number of carbonyl (C=O) groups is 1. The van der Waals surface area contributed by atoms with Crippen molar-refractivity contribution < 1.29 is 9.53 Å². The van der Waals surface area contributed by atoms with E-state index in [1.165, 1.54) is 32.1 Å². The fourth-order valence-electron chi connectivity index (χ4n) is 4.27. The number of hydrogen-bond acceptors (Lipinski definition) is 5. The molecule has 1 amide bonds. The van der Waals surface area contributed by atoms with Gasteiger partial charge in [-0.15, -0.1) is 12.4 Å². The lowest BCUT2D eigenvalue weighted by Crippen LogP contribution is -2.63. The zero-order valence-electron chi connectivity index (χ0n) is 17.2. The first-order chi connectivity index (χ1) is 12.4. The van der Waals surface area contributed by atoms with Crippen LogP contribution >= 0.6 is 12.4 Å². The molecule has 7 heteroatoms. The molecule has 1 spiro atoms. The van der Waals surface area contributed by atoms with Gasteiger partial charge in [-0.05, 0) is 59.4 Å². The minimum Gasteiger partial charge on any atom is -0.444 e. The summed E-state index contributed by atoms with van der Waals surface area (Å²) in [5.74, 6) is 1.14. The molecule has 3 rings (SSSR count). The maximum absolute atomic E-state index is 12.4. The van der Waals surface area contributed by atoms with Crippen LogP contribution in [0.5, 0.6) is 0 Å². The standard InChI is InChI=1S/C20H36N4O2.ClH/c1-19(2,3)26-18(25)24-14-10-20(11-15-24)17(21-12-7-13-22-20)23-16-8-5-4-6-9-16;/h16,22H,4-15H2,1-3H3,(H,21,23);1H. The predicted molar refractivity (Wildman–Crippen MR) is 112 cm³/mol. The molecule has 156 valence electrons. The third-order valence-electron chi connectivity index (χ3n) is 5.74. The largest absolute Gasteiger partial charge is 0.444 e. The molecule has 0 aromatic carbocycles. The summed E-state index contributed by atoms with van der Waals surface area (Å²) >= 11 is 0. The molecule has 2 heterocycles. The first kappa shape index (κ1) is 22.3. The van der Waals surface area contributed by atoms with Crippen LogP contribution in [0.4, 0.5) is 4.79 Å². The molecule has 0 radical (unpaired) electrons. The third-order valence-corrected chi connectivity index (χ3v) is 5.74. The quantitative estimate of drug-likeness (QED) is 0.707. The van der Waals surface area contributed by atoms with Crippen LogP contribution in [0.2, 0.25) is 0 Å². The van der Waals surface area contributed by atoms with E-state index in [0.717, 1.165) is 38.2 Å². The highest BCUT2D eigenvalue weighted by molar-refractivity contribution is 5.92. The van der Waals surface area contributed by atoms with Crippen LogP contribution in [0.25, 0.3) is 0 Å². The second-order valence-corrected chi connectivity index (χ2v) is 9.04. The fourth-order valence-corrected chi connectivity index (χ4v) is 4.27. The minimum absolute atomic E-state index is 0. The van der Waals surface area contributed by atoms with E-state index in [2.05, 4.69) is 10.6 Å². The Morgan fingerprint density at radius 2 is 1.85 bits per heavy atom. The van der Waals surface area contributed by atoms with Gasteiger partial charge >= 0.3 is 6.09 Å². The van der Waals surface area contributed by atoms with Crippen molar-refractivity contribution in [3.8, 4) is 0 Å². The van der Waals surface area contributed by atoms with Crippen LogP contribution in [0.3, 0.4) is 0 Å². The van der Waals surface area contributed by atoms with Crippen LogP contribution in [-0.2, 0) is 4.74 Å². The van der Waals surface area contributed by atoms with Gasteiger partial charge in [0.25, 0.3) is 0 Å². The lowest BCUT2D eigenvalue weighted by molar-refractivity contribution is 0.0179. The van der Waals surface area contributed by atoms with Gasteiger partial charge in [0.2, 0.25) is 0 Å². The van der Waals surface area contributed by atoms with Crippen molar-refractivity contribution in [1.29, 1.82) is 0 Å². The molecule has 0 atom stereocenters. The number of likely N-dealkylation sites (tertiary alicyclic amines) is 1. The van der Waals surface area contributed by atoms with Crippen LogP contribution in [0, 0.1) is 0 Å². The van der Waals surface area contributed by atoms with Gasteiger partial charge in [0.15, 0.2) is 0 Å². The van der Waals surface area contributed by atoms with Crippen molar-refractivity contribution in [3.05, 3.63) is 0 Å². The number of amides is 1. The number of halogens is 1. The molecule has 0 bridgehead atoms. The molecule has 0 aromatic heterocycles. The van der Waals surface area contributed by atoms with Crippen molar-refractivity contribution in [2.75, 3.05) is 26.2 Å². The Labute approximate surface area is 170 Å². The molecule has 2 fully saturated rings. The van der Waals surface area contributed by atoms with E-state index in [0.29, 0.717) is 19.1 Å². The van der Waals surface area contributed by atoms with Crippen molar-refractivity contribution in [2.45, 2.75) is 89.3 Å². The van der Waals surface area contributed by atoms with Crippen LogP contribution < -0.4 is 10.6 Å². The van der Waals surface area contributed by atoms with E-state index in [1.807, 2.05) is 25.7 Å². The maximum Gasteiger partial charge on any atom is 0.410 e. The number of rotatable bonds is 1. The summed E-state index contributed by atoms with van der Waals surface area (Å²) in [5.41, 5.74) is -0.547. The maximum atomic E-state index is 12.4. The van der Waals surface area contributed by atoms with E-state index in [4.69, 9.17) is 9.73 Å². The minimum atomic E-state index is -0.443. The van der Waals surface area contributed by atoms with Crippen LogP contribution in [-0.4, -0.2) is 60.2 Å². The summed E-state index contributed by atoms with van der Waals surface area (Å²) in [4.78, 5) is 19.2. The topological polar surface area (TPSA) is 66.0 Å². The van der Waals surface area contributed by atoms with Gasteiger partial charge in [-0.3, -0.25) is 4.99 Å². The summed E-state index contributed by atoms with van der Waals surface area (Å²) in [5, 5.41) is 7.57. The highest BCUT2D eigenvalue weighted by Gasteiger charge is 2.42. The summed E-state index contributed by atoms with van der Waals surface area (Å²) < 4.78 is 5.55. The van der Waals surface area contributed by atoms with E-state index in [1.54, 1.807) is 0 Å². The molecule has 0 unspecified atom stereocenters. The molecule has 2 aliphatic heterocycles. The molecule has 1 aliphatic carbocycles. The fraction of sp³-hybridized carbons (Fsp3) is 0.900. The van der Waals surface area contributed by atoms with Crippen molar-refractivity contribution in [2.24, 2.45) is 4.99 Å². The van der Waals surface area contributed by atoms with E-state index < -0.39 is 5.60 Å². The molecule has 2 N–H and O–H groups in total. The first-order valence-electron chi connectivity index (χ1n) is 10.4. The summed E-state index contributed by atoms with van der Waals surface area (Å²) in [6.07, 6.45) is 9.16. The average molecular weight is 401 g/mol. The lowest BCUT2D eigenvalue weighted by Gasteiger charge is -2.44. The van der Waals surface area contributed by atoms with Gasteiger partial charge in [-0.1, -0.05) is 19.3 Å². The summed E-state index contributed by atoms with van der Waals surface area (Å²) in [6, 6.07) is 0.558. The number of aliphatic imine (C=N–C) groups is 1. The Balaban J connectivity index is 0.00000261. The molecular formula is C20H37ClN4O2. The first-order valence-corrected chi connectivity index (χ1v) is 10.4. The molecule has 6 nitrogen and oxygen atoms in total. The number of hydrogen-bond donors (Lipinski definition) is 2. The van der Waals surface area contributed by atoms with Crippen molar-refractivity contribution in [1.82, 2.24) is 15.5 Å². The second-order valence-electron chi connectivity index (χ2n) is 9.04. The summed E-state index contributed by atoms with van der Waals surface area (Å²) in [6.45, 7) is 9.07. The van der Waals surface area contributed by atoms with Crippen LogP contribution in [0.15, 0.2) is 4.99 Å². The van der Waals surface area contributed by atoms with E-state index >= 15 is 0 Å². The summed E-state index contributed by atoms with van der Waals surface area (Å²) in [7, 11) is 0. The van der Waals surface area contributed by atoms with E-state index in [9.17, 15) is 4.79 Å². The number of nitrogens with zero attached hydrogens (tertiary/aromatic N) is 2. The molecule has 0 aromatic rings. The molecule has 1 saturated carbocycles. The SMILES string of the molecule is CC(C)(C)OC(=O)N1CCC2(CC1)NCCCN=C2NC1CCCCC1.Cl. The molecule has 27 heavy (non-hydrogen) atoms. The highest BCUT2D eigenvalue weighted by atomic mass is 35.5. The predicted octanol–water partition coefficient (Wildman–Crippen LogP) is 3.49. The van der Waals surface area contributed by atoms with Gasteiger partial charge in [0.05, 0.1) is 5.54 Å². The molecule has 3 aliphatic rings. The number of amidine groups is 1. The smallest absolute Gasteiger partial charge is 0.410 e. The lowest BCUT2D eigenvalue weighted by atomic mass is 9.85. The number of piperidine rings is 1. The number of carbonyl (C=O) groups excluding carboxylic acids is 1. The Morgan fingerprint density at radius 3 is 2.48 bits per heavy atom. The normalized spacial score (nSPS) is 23.8. The average Bonchev–Trinajstić information content (AvgIpc) is 2.78.